The second-order valence-electron chi connectivity index (χ2n) is 7.49. The summed E-state index contributed by atoms with van der Waals surface area (Å²) in [5, 5.41) is 0. The molecule has 0 aliphatic heterocycles. The van der Waals surface area contributed by atoms with Crippen molar-refractivity contribution in [2.45, 2.75) is 111 Å². The fourth-order valence-electron chi connectivity index (χ4n) is 2.75. The van der Waals surface area contributed by atoms with Crippen LogP contribution in [0.1, 0.15) is 111 Å². The Bertz CT molecular complexity index is 278. The minimum atomic E-state index is 0.722. The molecule has 0 unspecified atom stereocenters. The second kappa shape index (κ2) is 20.3. The van der Waals surface area contributed by atoms with Gasteiger partial charge in [-0.25, -0.2) is 0 Å². The summed E-state index contributed by atoms with van der Waals surface area (Å²) in [7, 11) is 0. The average Bonchev–Trinajstić information content (AvgIpc) is 2.56. The van der Waals surface area contributed by atoms with Gasteiger partial charge in [-0.3, -0.25) is 0 Å². The van der Waals surface area contributed by atoms with Crippen LogP contribution in [-0.4, -0.2) is 6.61 Å². The molecular formula is C23H44O. The van der Waals surface area contributed by atoms with Crippen LogP contribution in [-0.2, 0) is 4.74 Å². The fourth-order valence-corrected chi connectivity index (χ4v) is 2.75. The van der Waals surface area contributed by atoms with Gasteiger partial charge in [0.2, 0.25) is 0 Å². The molecule has 1 heteroatoms. The molecule has 0 fully saturated rings. The number of ether oxygens (including phenoxy) is 1. The van der Waals surface area contributed by atoms with E-state index in [0.29, 0.717) is 0 Å². The highest BCUT2D eigenvalue weighted by atomic mass is 16.5. The molecule has 0 aromatic carbocycles. The third kappa shape index (κ3) is 21.3. The van der Waals surface area contributed by atoms with Gasteiger partial charge >= 0.3 is 0 Å². The van der Waals surface area contributed by atoms with E-state index in [1.54, 1.807) is 0 Å². The molecule has 0 aliphatic rings. The summed E-state index contributed by atoms with van der Waals surface area (Å²) in [5.74, 6) is 0.722. The molecule has 0 spiro atoms. The van der Waals surface area contributed by atoms with Gasteiger partial charge in [0.15, 0.2) is 0 Å². The number of allylic oxidation sites excluding steroid dienone is 3. The summed E-state index contributed by atoms with van der Waals surface area (Å²) < 4.78 is 5.43. The maximum atomic E-state index is 5.43. The Hall–Kier alpha value is -0.720. The van der Waals surface area contributed by atoms with Gasteiger partial charge in [0.1, 0.15) is 0 Å². The molecule has 0 aromatic heterocycles. The molecule has 0 saturated heterocycles. The van der Waals surface area contributed by atoms with Crippen molar-refractivity contribution in [1.29, 1.82) is 0 Å². The third-order valence-corrected chi connectivity index (χ3v) is 4.46. The zero-order valence-electron chi connectivity index (χ0n) is 16.9. The highest BCUT2D eigenvalue weighted by molar-refractivity contribution is 4.99. The Morgan fingerprint density at radius 1 is 0.708 bits per heavy atom. The summed E-state index contributed by atoms with van der Waals surface area (Å²) >= 11 is 0. The van der Waals surface area contributed by atoms with Crippen LogP contribution in [0.25, 0.3) is 0 Å². The van der Waals surface area contributed by atoms with Crippen LogP contribution in [0.5, 0.6) is 0 Å². The SMILES string of the molecule is CCCCCCCCCCCCCC/C=C\C=C/OCCC(C)C. The molecule has 24 heavy (non-hydrogen) atoms. The van der Waals surface area contributed by atoms with E-state index in [1.807, 2.05) is 12.3 Å². The van der Waals surface area contributed by atoms with Crippen molar-refractivity contribution in [1.82, 2.24) is 0 Å². The molecule has 0 N–H and O–H groups in total. The van der Waals surface area contributed by atoms with E-state index >= 15 is 0 Å². The summed E-state index contributed by atoms with van der Waals surface area (Å²) in [4.78, 5) is 0. The van der Waals surface area contributed by atoms with Gasteiger partial charge in [-0.1, -0.05) is 104 Å². The average molecular weight is 337 g/mol. The lowest BCUT2D eigenvalue weighted by Gasteiger charge is -2.02. The molecule has 0 radical (unpaired) electrons. The lowest BCUT2D eigenvalue weighted by atomic mass is 10.0. The number of unbranched alkanes of at least 4 members (excludes halogenated alkanes) is 12. The van der Waals surface area contributed by atoms with Crippen molar-refractivity contribution < 1.29 is 4.74 Å². The zero-order valence-corrected chi connectivity index (χ0v) is 16.9. The van der Waals surface area contributed by atoms with Gasteiger partial charge < -0.3 is 4.74 Å². The first-order valence-corrected chi connectivity index (χ1v) is 10.7. The molecule has 0 atom stereocenters. The van der Waals surface area contributed by atoms with Gasteiger partial charge in [-0.15, -0.1) is 0 Å². The first-order valence-electron chi connectivity index (χ1n) is 10.7. The monoisotopic (exact) mass is 336 g/mol. The minimum absolute atomic E-state index is 0.722. The van der Waals surface area contributed by atoms with Gasteiger partial charge in [0, 0.05) is 0 Å². The molecule has 0 heterocycles. The number of hydrogen-bond acceptors (Lipinski definition) is 1. The van der Waals surface area contributed by atoms with E-state index in [1.165, 1.54) is 83.5 Å². The van der Waals surface area contributed by atoms with Gasteiger partial charge in [-0.2, -0.15) is 0 Å². The van der Waals surface area contributed by atoms with E-state index in [9.17, 15) is 0 Å². The molecule has 142 valence electrons. The van der Waals surface area contributed by atoms with E-state index < -0.39 is 0 Å². The normalized spacial score (nSPS) is 12.0. The van der Waals surface area contributed by atoms with Gasteiger partial charge in [0.05, 0.1) is 12.9 Å². The van der Waals surface area contributed by atoms with E-state index in [0.717, 1.165) is 18.9 Å². The van der Waals surface area contributed by atoms with Gasteiger partial charge in [-0.05, 0) is 31.3 Å². The van der Waals surface area contributed by atoms with Crippen LogP contribution in [0.4, 0.5) is 0 Å². The van der Waals surface area contributed by atoms with Crippen LogP contribution in [0, 0.1) is 5.92 Å². The molecule has 0 aromatic rings. The topological polar surface area (TPSA) is 9.23 Å². The predicted molar refractivity (Wildman–Crippen MR) is 109 cm³/mol. The van der Waals surface area contributed by atoms with Crippen LogP contribution >= 0.6 is 0 Å². The highest BCUT2D eigenvalue weighted by Crippen LogP contribution is 2.12. The van der Waals surface area contributed by atoms with Crippen molar-refractivity contribution in [3.63, 3.8) is 0 Å². The van der Waals surface area contributed by atoms with Crippen LogP contribution < -0.4 is 0 Å². The predicted octanol–water partition coefficient (Wildman–Crippen LogP) is 8.21. The molecule has 0 amide bonds. The summed E-state index contributed by atoms with van der Waals surface area (Å²) in [6.07, 6.45) is 27.6. The molecule has 0 saturated carbocycles. The summed E-state index contributed by atoms with van der Waals surface area (Å²) in [6.45, 7) is 7.57. The van der Waals surface area contributed by atoms with Crippen molar-refractivity contribution >= 4 is 0 Å². The Balaban J connectivity index is 3.14. The minimum Gasteiger partial charge on any atom is -0.501 e. The molecule has 0 rings (SSSR count). The Morgan fingerprint density at radius 2 is 1.25 bits per heavy atom. The smallest absolute Gasteiger partial charge is 0.0875 e. The quantitative estimate of drug-likeness (QED) is 0.139. The van der Waals surface area contributed by atoms with E-state index in [-0.39, 0.29) is 0 Å². The maximum Gasteiger partial charge on any atom is 0.0875 e. The number of hydrogen-bond donors (Lipinski definition) is 0. The van der Waals surface area contributed by atoms with E-state index in [2.05, 4.69) is 32.9 Å². The highest BCUT2D eigenvalue weighted by Gasteiger charge is 1.93. The largest absolute Gasteiger partial charge is 0.501 e. The van der Waals surface area contributed by atoms with Crippen LogP contribution in [0.2, 0.25) is 0 Å². The third-order valence-electron chi connectivity index (χ3n) is 4.46. The van der Waals surface area contributed by atoms with Crippen molar-refractivity contribution in [2.75, 3.05) is 6.61 Å². The van der Waals surface area contributed by atoms with Gasteiger partial charge in [0.25, 0.3) is 0 Å². The van der Waals surface area contributed by atoms with Crippen LogP contribution in [0.15, 0.2) is 24.5 Å². The van der Waals surface area contributed by atoms with Crippen molar-refractivity contribution in [3.05, 3.63) is 24.5 Å². The molecule has 0 bridgehead atoms. The van der Waals surface area contributed by atoms with Crippen molar-refractivity contribution in [2.24, 2.45) is 5.92 Å². The van der Waals surface area contributed by atoms with E-state index in [4.69, 9.17) is 4.74 Å². The second-order valence-corrected chi connectivity index (χ2v) is 7.49. The summed E-state index contributed by atoms with van der Waals surface area (Å²) in [5.41, 5.74) is 0. The van der Waals surface area contributed by atoms with Crippen molar-refractivity contribution in [3.8, 4) is 0 Å². The number of rotatable bonds is 18. The molecule has 0 aliphatic carbocycles. The maximum absolute atomic E-state index is 5.43. The molecular weight excluding hydrogens is 292 g/mol. The molecule has 1 nitrogen and oxygen atoms in total. The zero-order chi connectivity index (χ0) is 17.7. The first-order chi connectivity index (χ1) is 11.8. The lowest BCUT2D eigenvalue weighted by molar-refractivity contribution is 0.229. The first kappa shape index (κ1) is 23.3. The van der Waals surface area contributed by atoms with Crippen LogP contribution in [0.3, 0.4) is 0 Å². The summed E-state index contributed by atoms with van der Waals surface area (Å²) in [6, 6.07) is 0. The standard InChI is InChI=1S/C23H44O/c1-4-5-6-7-8-9-10-11-12-13-14-15-16-17-18-19-21-24-22-20-23(2)3/h17-19,21,23H,4-16,20,22H2,1-3H3/b18-17-,21-19-. The Labute approximate surface area is 153 Å². The Kier molecular flexibility index (Phi) is 19.7. The lowest BCUT2D eigenvalue weighted by Crippen LogP contribution is -1.93. The fraction of sp³-hybridized carbons (Fsp3) is 0.826. The Morgan fingerprint density at radius 3 is 1.79 bits per heavy atom.